The molecule has 0 aromatic carbocycles. The summed E-state index contributed by atoms with van der Waals surface area (Å²) in [6.07, 6.45) is 6.28. The molecule has 6 nitrogen and oxygen atoms in total. The van der Waals surface area contributed by atoms with Crippen molar-refractivity contribution in [3.05, 3.63) is 0 Å². The van der Waals surface area contributed by atoms with Crippen molar-refractivity contribution in [1.29, 1.82) is 0 Å². The zero-order chi connectivity index (χ0) is 17.0. The highest BCUT2D eigenvalue weighted by Gasteiger charge is 2.36. The third kappa shape index (κ3) is 6.06. The smallest absolute Gasteiger partial charge is 0.243 e. The molecule has 0 spiro atoms. The Kier molecular flexibility index (Phi) is 8.76. The maximum absolute atomic E-state index is 11.8. The van der Waals surface area contributed by atoms with Crippen LogP contribution in [-0.2, 0) is 4.79 Å². The lowest BCUT2D eigenvalue weighted by Crippen LogP contribution is -2.57. The molecule has 2 aliphatic rings. The summed E-state index contributed by atoms with van der Waals surface area (Å²) in [6.45, 7) is 4.37. The van der Waals surface area contributed by atoms with Crippen LogP contribution in [0.3, 0.4) is 0 Å². The predicted octanol–water partition coefficient (Wildman–Crippen LogP) is 1.65. The van der Waals surface area contributed by atoms with Gasteiger partial charge in [0.05, 0.1) is 0 Å². The van der Waals surface area contributed by atoms with Crippen LogP contribution >= 0.6 is 24.0 Å². The van der Waals surface area contributed by atoms with E-state index in [0.29, 0.717) is 24.2 Å². The minimum absolute atomic E-state index is 0. The number of piperidine rings is 2. The molecular weight excluding hydrogens is 417 g/mol. The van der Waals surface area contributed by atoms with Crippen molar-refractivity contribution in [2.24, 2.45) is 4.99 Å². The van der Waals surface area contributed by atoms with Gasteiger partial charge in [-0.1, -0.05) is 6.42 Å². The van der Waals surface area contributed by atoms with Crippen LogP contribution in [0.25, 0.3) is 0 Å². The van der Waals surface area contributed by atoms with Crippen LogP contribution in [0.2, 0.25) is 0 Å². The van der Waals surface area contributed by atoms with Gasteiger partial charge in [-0.2, -0.15) is 0 Å². The minimum atomic E-state index is 0. The van der Waals surface area contributed by atoms with Crippen LogP contribution in [0.15, 0.2) is 4.99 Å². The minimum Gasteiger partial charge on any atom is -0.354 e. The van der Waals surface area contributed by atoms with Gasteiger partial charge in [-0.25, -0.2) is 4.99 Å². The molecule has 24 heavy (non-hydrogen) atoms. The molecule has 0 saturated carbocycles. The fraction of sp³-hybridized carbons (Fsp3) is 0.882. The maximum atomic E-state index is 11.8. The van der Waals surface area contributed by atoms with Crippen molar-refractivity contribution in [3.8, 4) is 0 Å². The number of amides is 1. The van der Waals surface area contributed by atoms with Crippen LogP contribution in [-0.4, -0.2) is 73.5 Å². The first-order valence-corrected chi connectivity index (χ1v) is 8.86. The highest BCUT2D eigenvalue weighted by molar-refractivity contribution is 14.0. The Labute approximate surface area is 163 Å². The van der Waals surface area contributed by atoms with Crippen LogP contribution in [0.1, 0.15) is 46.0 Å². The van der Waals surface area contributed by atoms with Gasteiger partial charge < -0.3 is 20.4 Å². The average molecular weight is 451 g/mol. The van der Waals surface area contributed by atoms with Gasteiger partial charge in [0.1, 0.15) is 6.54 Å². The highest BCUT2D eigenvalue weighted by Crippen LogP contribution is 2.32. The molecule has 1 amide bonds. The molecule has 7 heteroatoms. The normalized spacial score (nSPS) is 27.4. The monoisotopic (exact) mass is 451 g/mol. The fourth-order valence-corrected chi connectivity index (χ4v) is 3.62. The van der Waals surface area contributed by atoms with Crippen molar-refractivity contribution in [3.63, 3.8) is 0 Å². The summed E-state index contributed by atoms with van der Waals surface area (Å²) in [4.78, 5) is 20.4. The Morgan fingerprint density at radius 1 is 1.25 bits per heavy atom. The number of likely N-dealkylation sites (N-methyl/N-ethyl adjacent to an activating group) is 1. The van der Waals surface area contributed by atoms with E-state index in [1.807, 2.05) is 0 Å². The van der Waals surface area contributed by atoms with Gasteiger partial charge in [0.15, 0.2) is 5.96 Å². The Hall–Kier alpha value is -0.570. The van der Waals surface area contributed by atoms with E-state index < -0.39 is 0 Å². The molecular formula is C17H34IN5O. The number of fused-ring (bicyclic) bond motifs is 2. The van der Waals surface area contributed by atoms with Crippen LogP contribution in [0.5, 0.6) is 0 Å². The summed E-state index contributed by atoms with van der Waals surface area (Å²) >= 11 is 0. The van der Waals surface area contributed by atoms with E-state index in [4.69, 9.17) is 0 Å². The largest absolute Gasteiger partial charge is 0.354 e. The molecule has 140 valence electrons. The lowest BCUT2D eigenvalue weighted by Gasteiger charge is -2.47. The van der Waals surface area contributed by atoms with Crippen LogP contribution < -0.4 is 10.6 Å². The quantitative estimate of drug-likeness (QED) is 0.388. The molecule has 2 aliphatic heterocycles. The summed E-state index contributed by atoms with van der Waals surface area (Å²) in [5.41, 5.74) is 0. The van der Waals surface area contributed by atoms with Gasteiger partial charge in [-0.05, 0) is 46.6 Å². The number of aliphatic imine (C=N–C) groups is 1. The molecule has 0 radical (unpaired) electrons. The van der Waals surface area contributed by atoms with E-state index in [1.165, 1.54) is 19.3 Å². The second kappa shape index (κ2) is 9.79. The number of rotatable bonds is 4. The van der Waals surface area contributed by atoms with Crippen LogP contribution in [0, 0.1) is 0 Å². The number of carbonyl (C=O) groups excluding carboxylic acids is 1. The van der Waals surface area contributed by atoms with Gasteiger partial charge in [0, 0.05) is 38.3 Å². The van der Waals surface area contributed by atoms with E-state index in [1.54, 1.807) is 19.0 Å². The molecule has 2 rings (SSSR count). The number of halogens is 1. The summed E-state index contributed by atoms with van der Waals surface area (Å²) < 4.78 is 0. The number of carbonyl (C=O) groups is 1. The number of guanidine groups is 1. The second-order valence-corrected chi connectivity index (χ2v) is 7.47. The number of hydrogen-bond donors (Lipinski definition) is 2. The lowest BCUT2D eigenvalue weighted by atomic mass is 9.82. The Morgan fingerprint density at radius 3 is 2.33 bits per heavy atom. The van der Waals surface area contributed by atoms with Gasteiger partial charge in [0.25, 0.3) is 0 Å². The average Bonchev–Trinajstić information content (AvgIpc) is 2.44. The molecule has 2 heterocycles. The van der Waals surface area contributed by atoms with Crippen LogP contribution in [0.4, 0.5) is 0 Å². The molecule has 2 fully saturated rings. The van der Waals surface area contributed by atoms with Crippen molar-refractivity contribution >= 4 is 35.8 Å². The summed E-state index contributed by atoms with van der Waals surface area (Å²) in [7, 11) is 5.79. The summed E-state index contributed by atoms with van der Waals surface area (Å²) in [5, 5.41) is 6.93. The molecule has 2 unspecified atom stereocenters. The molecule has 0 aliphatic carbocycles. The SMILES string of the molecule is CC(C)NC(=NCC(=O)N(C)C)NC1CC2CCCC(C1)N2C.I. The first kappa shape index (κ1) is 21.5. The Bertz CT molecular complexity index is 427. The van der Waals surface area contributed by atoms with E-state index in [2.05, 4.69) is 41.4 Å². The van der Waals surface area contributed by atoms with Crippen molar-refractivity contribution in [1.82, 2.24) is 20.4 Å². The van der Waals surface area contributed by atoms with Crippen molar-refractivity contribution in [2.45, 2.75) is 70.1 Å². The standard InChI is InChI=1S/C17H33N5O.HI/c1-12(2)19-17(18-11-16(23)21(3)4)20-13-9-14-7-6-8-15(10-13)22(14)5;/h12-15H,6-11H2,1-5H3,(H2,18,19,20);1H. The van der Waals surface area contributed by atoms with Gasteiger partial charge in [-0.3, -0.25) is 4.79 Å². The summed E-state index contributed by atoms with van der Waals surface area (Å²) in [5.74, 6) is 0.790. The van der Waals surface area contributed by atoms with E-state index in [9.17, 15) is 4.79 Å². The molecule has 2 bridgehead atoms. The third-order valence-corrected chi connectivity index (χ3v) is 4.98. The first-order valence-electron chi connectivity index (χ1n) is 8.86. The Balaban J connectivity index is 0.00000288. The highest BCUT2D eigenvalue weighted by atomic mass is 127. The third-order valence-electron chi connectivity index (χ3n) is 4.98. The zero-order valence-corrected chi connectivity index (χ0v) is 18.0. The predicted molar refractivity (Wildman–Crippen MR) is 110 cm³/mol. The van der Waals surface area contributed by atoms with Crippen molar-refractivity contribution in [2.75, 3.05) is 27.7 Å². The van der Waals surface area contributed by atoms with Gasteiger partial charge in [-0.15, -0.1) is 24.0 Å². The van der Waals surface area contributed by atoms with Crippen molar-refractivity contribution < 1.29 is 4.79 Å². The molecule has 0 aromatic heterocycles. The van der Waals surface area contributed by atoms with Gasteiger partial charge in [0.2, 0.25) is 5.91 Å². The Morgan fingerprint density at radius 2 is 1.83 bits per heavy atom. The topological polar surface area (TPSA) is 60.0 Å². The fourth-order valence-electron chi connectivity index (χ4n) is 3.62. The number of nitrogens with one attached hydrogen (secondary N) is 2. The number of hydrogen-bond acceptors (Lipinski definition) is 3. The molecule has 2 atom stereocenters. The summed E-state index contributed by atoms with van der Waals surface area (Å²) in [6, 6.07) is 2.11. The lowest BCUT2D eigenvalue weighted by molar-refractivity contribution is -0.127. The van der Waals surface area contributed by atoms with E-state index in [0.717, 1.165) is 18.8 Å². The molecule has 2 saturated heterocycles. The zero-order valence-electron chi connectivity index (χ0n) is 15.7. The second-order valence-electron chi connectivity index (χ2n) is 7.47. The maximum Gasteiger partial charge on any atom is 0.243 e. The van der Waals surface area contributed by atoms with E-state index in [-0.39, 0.29) is 36.4 Å². The van der Waals surface area contributed by atoms with Gasteiger partial charge >= 0.3 is 0 Å². The number of nitrogens with zero attached hydrogens (tertiary/aromatic N) is 3. The van der Waals surface area contributed by atoms with E-state index >= 15 is 0 Å². The molecule has 0 aromatic rings. The first-order chi connectivity index (χ1) is 10.9. The molecule has 2 N–H and O–H groups in total.